The van der Waals surface area contributed by atoms with E-state index in [2.05, 4.69) is 15.6 Å². The first kappa shape index (κ1) is 11.3. The molecule has 1 unspecified atom stereocenters. The highest BCUT2D eigenvalue weighted by Gasteiger charge is 2.11. The Morgan fingerprint density at radius 3 is 3.12 bits per heavy atom. The zero-order valence-electron chi connectivity index (χ0n) is 8.96. The highest BCUT2D eigenvalue weighted by molar-refractivity contribution is 7.80. The van der Waals surface area contributed by atoms with Crippen LogP contribution in [0.25, 0.3) is 10.7 Å². The molecule has 0 aliphatic carbocycles. The van der Waals surface area contributed by atoms with Crippen LogP contribution in [0.15, 0.2) is 29.9 Å². The molecule has 2 N–H and O–H groups in total. The van der Waals surface area contributed by atoms with E-state index in [4.69, 9.17) is 18.0 Å². The van der Waals surface area contributed by atoms with Crippen LogP contribution < -0.4 is 5.73 Å². The van der Waals surface area contributed by atoms with Crippen molar-refractivity contribution in [3.63, 3.8) is 0 Å². The largest absolute Gasteiger partial charge is 0.393 e. The Kier molecular flexibility index (Phi) is 3.36. The maximum Gasteiger partial charge on any atom is 0.150 e. The highest BCUT2D eigenvalue weighted by Crippen LogP contribution is 2.23. The zero-order chi connectivity index (χ0) is 11.5. The number of hydrogen-bond acceptors (Lipinski definition) is 3. The highest BCUT2D eigenvalue weighted by atomic mass is 32.1. The second kappa shape index (κ2) is 4.76. The molecule has 0 aromatic carbocycles. The number of aromatic nitrogens is 2. The van der Waals surface area contributed by atoms with E-state index < -0.39 is 0 Å². The van der Waals surface area contributed by atoms with Crippen LogP contribution in [-0.2, 0) is 6.54 Å². The second-order valence-corrected chi connectivity index (χ2v) is 5.10. The summed E-state index contributed by atoms with van der Waals surface area (Å²) < 4.78 is 2.09. The summed E-state index contributed by atoms with van der Waals surface area (Å²) in [4.78, 5) is 6.07. The third-order valence-electron chi connectivity index (χ3n) is 2.41. The van der Waals surface area contributed by atoms with Crippen LogP contribution in [0.1, 0.15) is 6.92 Å². The summed E-state index contributed by atoms with van der Waals surface area (Å²) in [7, 11) is 0. The van der Waals surface area contributed by atoms with E-state index in [0.717, 1.165) is 12.4 Å². The molecular weight excluding hydrogens is 238 g/mol. The van der Waals surface area contributed by atoms with E-state index in [0.29, 0.717) is 4.99 Å². The summed E-state index contributed by atoms with van der Waals surface area (Å²) in [6, 6.07) is 4.09. The molecule has 2 aromatic rings. The quantitative estimate of drug-likeness (QED) is 0.849. The summed E-state index contributed by atoms with van der Waals surface area (Å²) in [6.07, 6.45) is 3.77. The van der Waals surface area contributed by atoms with Crippen molar-refractivity contribution in [3.8, 4) is 10.7 Å². The molecule has 2 rings (SSSR count). The second-order valence-electron chi connectivity index (χ2n) is 3.68. The van der Waals surface area contributed by atoms with Gasteiger partial charge in [0.15, 0.2) is 0 Å². The molecule has 3 nitrogen and oxygen atoms in total. The minimum absolute atomic E-state index is 0.183. The molecule has 0 saturated heterocycles. The van der Waals surface area contributed by atoms with Crippen LogP contribution in [0.5, 0.6) is 0 Å². The number of rotatable bonds is 4. The van der Waals surface area contributed by atoms with Gasteiger partial charge in [0.05, 0.1) is 9.87 Å². The summed E-state index contributed by atoms with van der Waals surface area (Å²) in [6.45, 7) is 2.81. The van der Waals surface area contributed by atoms with Gasteiger partial charge in [0, 0.05) is 24.9 Å². The predicted molar refractivity (Wildman–Crippen MR) is 71.5 cm³/mol. The Labute approximate surface area is 104 Å². The van der Waals surface area contributed by atoms with Gasteiger partial charge in [0.2, 0.25) is 0 Å². The van der Waals surface area contributed by atoms with Crippen molar-refractivity contribution in [3.05, 3.63) is 29.9 Å². The lowest BCUT2D eigenvalue weighted by atomic mass is 10.2. The van der Waals surface area contributed by atoms with Crippen LogP contribution >= 0.6 is 23.6 Å². The van der Waals surface area contributed by atoms with Gasteiger partial charge >= 0.3 is 0 Å². The molecule has 0 amide bonds. The number of nitrogens with zero attached hydrogens (tertiary/aromatic N) is 2. The summed E-state index contributed by atoms with van der Waals surface area (Å²) in [5.74, 6) is 1.17. The molecule has 0 bridgehead atoms. The third-order valence-corrected chi connectivity index (χ3v) is 3.68. The molecule has 84 valence electrons. The van der Waals surface area contributed by atoms with Crippen molar-refractivity contribution in [1.82, 2.24) is 9.55 Å². The van der Waals surface area contributed by atoms with E-state index in [9.17, 15) is 0 Å². The van der Waals surface area contributed by atoms with Gasteiger partial charge in [-0.05, 0) is 11.4 Å². The molecule has 0 radical (unpaired) electrons. The zero-order valence-corrected chi connectivity index (χ0v) is 10.6. The lowest BCUT2D eigenvalue weighted by Crippen LogP contribution is -2.22. The fraction of sp³-hybridized carbons (Fsp3) is 0.273. The van der Waals surface area contributed by atoms with Crippen molar-refractivity contribution in [1.29, 1.82) is 0 Å². The van der Waals surface area contributed by atoms with Crippen molar-refractivity contribution in [2.45, 2.75) is 13.5 Å². The molecule has 1 atom stereocenters. The molecule has 2 heterocycles. The van der Waals surface area contributed by atoms with Crippen molar-refractivity contribution < 1.29 is 0 Å². The first-order valence-electron chi connectivity index (χ1n) is 5.03. The number of thiocarbonyl (C=S) groups is 1. The van der Waals surface area contributed by atoms with E-state index in [-0.39, 0.29) is 5.92 Å². The predicted octanol–water partition coefficient (Wildman–Crippen LogP) is 2.53. The molecule has 0 aliphatic rings. The summed E-state index contributed by atoms with van der Waals surface area (Å²) in [5, 5.41) is 2.05. The molecule has 16 heavy (non-hydrogen) atoms. The minimum atomic E-state index is 0.183. The Balaban J connectivity index is 2.23. The van der Waals surface area contributed by atoms with Crippen LogP contribution in [0.2, 0.25) is 0 Å². The Bertz CT molecular complexity index is 473. The molecule has 5 heteroatoms. The standard InChI is InChI=1S/C11H13N3S2/c1-8(10(12)15)7-14-5-4-13-11(14)9-3-2-6-16-9/h2-6,8H,7H2,1H3,(H2,12,15). The average molecular weight is 251 g/mol. The average Bonchev–Trinajstić information content (AvgIpc) is 2.85. The van der Waals surface area contributed by atoms with Gasteiger partial charge in [-0.25, -0.2) is 4.98 Å². The van der Waals surface area contributed by atoms with Crippen LogP contribution in [0.3, 0.4) is 0 Å². The molecule has 2 aromatic heterocycles. The smallest absolute Gasteiger partial charge is 0.150 e. The van der Waals surface area contributed by atoms with Crippen LogP contribution in [0, 0.1) is 5.92 Å². The first-order chi connectivity index (χ1) is 7.68. The van der Waals surface area contributed by atoms with Crippen molar-refractivity contribution >= 4 is 28.5 Å². The monoisotopic (exact) mass is 251 g/mol. The topological polar surface area (TPSA) is 43.8 Å². The Morgan fingerprint density at radius 1 is 1.69 bits per heavy atom. The van der Waals surface area contributed by atoms with E-state index in [1.165, 1.54) is 4.88 Å². The van der Waals surface area contributed by atoms with Gasteiger partial charge in [-0.1, -0.05) is 25.2 Å². The third kappa shape index (κ3) is 2.31. The SMILES string of the molecule is CC(Cn1ccnc1-c1cccs1)C(N)=S. The van der Waals surface area contributed by atoms with E-state index >= 15 is 0 Å². The Hall–Kier alpha value is -1.20. The van der Waals surface area contributed by atoms with Crippen LogP contribution in [-0.4, -0.2) is 14.5 Å². The molecule has 0 saturated carbocycles. The summed E-state index contributed by atoms with van der Waals surface area (Å²) in [5.41, 5.74) is 5.62. The maximum absolute atomic E-state index is 5.62. The minimum Gasteiger partial charge on any atom is -0.393 e. The van der Waals surface area contributed by atoms with E-state index in [1.807, 2.05) is 24.6 Å². The van der Waals surface area contributed by atoms with Crippen LogP contribution in [0.4, 0.5) is 0 Å². The van der Waals surface area contributed by atoms with Gasteiger partial charge in [-0.15, -0.1) is 11.3 Å². The van der Waals surface area contributed by atoms with Gasteiger partial charge in [0.1, 0.15) is 5.82 Å². The lowest BCUT2D eigenvalue weighted by Gasteiger charge is -2.12. The van der Waals surface area contributed by atoms with Gasteiger partial charge in [-0.2, -0.15) is 0 Å². The summed E-state index contributed by atoms with van der Waals surface area (Å²) >= 11 is 6.66. The normalized spacial score (nSPS) is 12.6. The maximum atomic E-state index is 5.62. The molecule has 0 aliphatic heterocycles. The molecule has 0 fully saturated rings. The van der Waals surface area contributed by atoms with Crippen molar-refractivity contribution in [2.75, 3.05) is 0 Å². The van der Waals surface area contributed by atoms with Gasteiger partial charge in [0.25, 0.3) is 0 Å². The fourth-order valence-electron chi connectivity index (χ4n) is 1.47. The lowest BCUT2D eigenvalue weighted by molar-refractivity contribution is 0.604. The van der Waals surface area contributed by atoms with Crippen molar-refractivity contribution in [2.24, 2.45) is 11.7 Å². The van der Waals surface area contributed by atoms with E-state index in [1.54, 1.807) is 17.5 Å². The number of hydrogen-bond donors (Lipinski definition) is 1. The molecule has 0 spiro atoms. The number of imidazole rings is 1. The fourth-order valence-corrected chi connectivity index (χ4v) is 2.28. The number of thiophene rings is 1. The first-order valence-corrected chi connectivity index (χ1v) is 6.31. The Morgan fingerprint density at radius 2 is 2.50 bits per heavy atom. The van der Waals surface area contributed by atoms with Gasteiger partial charge < -0.3 is 10.3 Å². The number of nitrogens with two attached hydrogens (primary N) is 1. The molecular formula is C11H13N3S2. The van der Waals surface area contributed by atoms with Gasteiger partial charge in [-0.3, -0.25) is 0 Å².